The number of aromatic nitrogens is 1. The Balaban J connectivity index is 0.000000336. The number of pyridine rings is 1. The molecule has 0 amide bonds. The molecule has 0 unspecified atom stereocenters. The molecule has 2 rings (SSSR count). The Morgan fingerprint density at radius 2 is 2.25 bits per heavy atom. The van der Waals surface area contributed by atoms with Crippen LogP contribution in [0.1, 0.15) is 25.0 Å². The molecule has 64 valence electrons. The normalized spacial score (nSPS) is 12.2. The highest BCUT2D eigenvalue weighted by Crippen LogP contribution is 2.11. The van der Waals surface area contributed by atoms with Crippen LogP contribution in [-0.2, 0) is 6.54 Å². The van der Waals surface area contributed by atoms with Gasteiger partial charge in [-0.2, -0.15) is 0 Å². The van der Waals surface area contributed by atoms with Gasteiger partial charge in [0.25, 0.3) is 0 Å². The van der Waals surface area contributed by atoms with Crippen molar-refractivity contribution in [3.8, 4) is 0 Å². The first-order chi connectivity index (χ1) is 5.97. The summed E-state index contributed by atoms with van der Waals surface area (Å²) in [4.78, 5) is 4.02. The zero-order chi connectivity index (χ0) is 8.81. The first-order valence-corrected chi connectivity index (χ1v) is 4.29. The third-order valence-electron chi connectivity index (χ3n) is 1.61. The van der Waals surface area contributed by atoms with Crippen LogP contribution in [0.4, 0.5) is 0 Å². The number of nitrogens with one attached hydrogen (secondary N) is 1. The average molecular weight is 162 g/mol. The molecule has 2 heteroatoms. The van der Waals surface area contributed by atoms with E-state index < -0.39 is 0 Å². The monoisotopic (exact) mass is 162 g/mol. The summed E-state index contributed by atoms with van der Waals surface area (Å²) in [5.41, 5.74) is 2.54. The minimum absolute atomic E-state index is 0.902. The number of rotatable bonds is 0. The van der Waals surface area contributed by atoms with Gasteiger partial charge in [-0.05, 0) is 29.5 Å². The molecule has 0 aromatic carbocycles. The highest BCUT2D eigenvalue weighted by Gasteiger charge is 2.00. The van der Waals surface area contributed by atoms with Crippen molar-refractivity contribution in [2.24, 2.45) is 0 Å². The molecule has 1 aliphatic rings. The standard InChI is InChI=1S/C8H8N2.C2H6/c1-3-9-5-8-6-10-4-2-7(1)8;1-2/h1-5,10H,6H2;1-2H3. The van der Waals surface area contributed by atoms with Crippen molar-refractivity contribution < 1.29 is 0 Å². The van der Waals surface area contributed by atoms with Gasteiger partial charge >= 0.3 is 0 Å². The molecule has 0 atom stereocenters. The van der Waals surface area contributed by atoms with Gasteiger partial charge in [-0.15, -0.1) is 0 Å². The van der Waals surface area contributed by atoms with Gasteiger partial charge in [0, 0.05) is 18.9 Å². The fourth-order valence-electron chi connectivity index (χ4n) is 1.07. The molecule has 1 aromatic rings. The van der Waals surface area contributed by atoms with Crippen molar-refractivity contribution in [2.45, 2.75) is 20.4 Å². The molecule has 1 N–H and O–H groups in total. The summed E-state index contributed by atoms with van der Waals surface area (Å²) < 4.78 is 0. The van der Waals surface area contributed by atoms with Crippen LogP contribution in [0.3, 0.4) is 0 Å². The van der Waals surface area contributed by atoms with E-state index in [1.54, 1.807) is 0 Å². The van der Waals surface area contributed by atoms with E-state index in [0.717, 1.165) is 6.54 Å². The molecule has 0 aliphatic carbocycles. The molecule has 2 heterocycles. The Morgan fingerprint density at radius 1 is 1.42 bits per heavy atom. The maximum Gasteiger partial charge on any atom is 0.0416 e. The zero-order valence-electron chi connectivity index (χ0n) is 7.54. The molecule has 0 fully saturated rings. The Bertz CT molecular complexity index is 266. The molecular weight excluding hydrogens is 148 g/mol. The molecule has 12 heavy (non-hydrogen) atoms. The SMILES string of the molecule is C1=Cc2ccncc2CN1.CC. The maximum atomic E-state index is 4.02. The first kappa shape index (κ1) is 8.78. The molecule has 0 bridgehead atoms. The smallest absolute Gasteiger partial charge is 0.0416 e. The van der Waals surface area contributed by atoms with Gasteiger partial charge in [0.05, 0.1) is 0 Å². The Morgan fingerprint density at radius 3 is 3.00 bits per heavy atom. The molecule has 0 radical (unpaired) electrons. The first-order valence-electron chi connectivity index (χ1n) is 4.29. The summed E-state index contributed by atoms with van der Waals surface area (Å²) >= 11 is 0. The number of hydrogen-bond acceptors (Lipinski definition) is 2. The summed E-state index contributed by atoms with van der Waals surface area (Å²) in [5, 5.41) is 3.12. The van der Waals surface area contributed by atoms with E-state index in [1.165, 1.54) is 11.1 Å². The topological polar surface area (TPSA) is 24.9 Å². The van der Waals surface area contributed by atoms with E-state index in [1.807, 2.05) is 38.5 Å². The van der Waals surface area contributed by atoms with Crippen LogP contribution in [0.15, 0.2) is 24.7 Å². The van der Waals surface area contributed by atoms with Crippen LogP contribution < -0.4 is 5.32 Å². The lowest BCUT2D eigenvalue weighted by Crippen LogP contribution is -2.09. The second kappa shape index (κ2) is 4.54. The number of fused-ring (bicyclic) bond motifs is 1. The molecule has 0 saturated carbocycles. The van der Waals surface area contributed by atoms with Crippen LogP contribution in [0.2, 0.25) is 0 Å². The van der Waals surface area contributed by atoms with Crippen LogP contribution in [0.25, 0.3) is 6.08 Å². The van der Waals surface area contributed by atoms with Gasteiger partial charge in [-0.1, -0.05) is 13.8 Å². The van der Waals surface area contributed by atoms with Crippen LogP contribution in [-0.4, -0.2) is 4.98 Å². The predicted molar refractivity (Wildman–Crippen MR) is 51.5 cm³/mol. The quantitative estimate of drug-likeness (QED) is 0.632. The van der Waals surface area contributed by atoms with Crippen molar-refractivity contribution in [1.29, 1.82) is 0 Å². The van der Waals surface area contributed by atoms with Crippen molar-refractivity contribution >= 4 is 6.08 Å². The second-order valence-electron chi connectivity index (χ2n) is 2.29. The van der Waals surface area contributed by atoms with Gasteiger partial charge < -0.3 is 5.32 Å². The van der Waals surface area contributed by atoms with Gasteiger partial charge in [0.1, 0.15) is 0 Å². The molecular formula is C10H14N2. The van der Waals surface area contributed by atoms with Crippen molar-refractivity contribution in [3.05, 3.63) is 35.8 Å². The van der Waals surface area contributed by atoms with Gasteiger partial charge in [-0.25, -0.2) is 0 Å². The Labute approximate surface area is 73.3 Å². The van der Waals surface area contributed by atoms with E-state index >= 15 is 0 Å². The fourth-order valence-corrected chi connectivity index (χ4v) is 1.07. The minimum atomic E-state index is 0.902. The fraction of sp³-hybridized carbons (Fsp3) is 0.300. The van der Waals surface area contributed by atoms with Gasteiger partial charge in [0.2, 0.25) is 0 Å². The Hall–Kier alpha value is -1.31. The van der Waals surface area contributed by atoms with Crippen molar-refractivity contribution in [3.63, 3.8) is 0 Å². The molecule has 1 aliphatic heterocycles. The van der Waals surface area contributed by atoms with E-state index in [0.29, 0.717) is 0 Å². The lowest BCUT2D eigenvalue weighted by molar-refractivity contribution is 0.852. The van der Waals surface area contributed by atoms with E-state index in [4.69, 9.17) is 0 Å². The summed E-state index contributed by atoms with van der Waals surface area (Å²) in [6.45, 7) is 4.90. The zero-order valence-corrected chi connectivity index (χ0v) is 7.54. The Kier molecular flexibility index (Phi) is 3.33. The van der Waals surface area contributed by atoms with E-state index in [9.17, 15) is 0 Å². The second-order valence-corrected chi connectivity index (χ2v) is 2.29. The lowest BCUT2D eigenvalue weighted by atomic mass is 10.1. The summed E-state index contributed by atoms with van der Waals surface area (Å²) in [7, 11) is 0. The average Bonchev–Trinajstić information content (AvgIpc) is 2.21. The van der Waals surface area contributed by atoms with Crippen molar-refractivity contribution in [1.82, 2.24) is 10.3 Å². The van der Waals surface area contributed by atoms with Crippen LogP contribution in [0.5, 0.6) is 0 Å². The lowest BCUT2D eigenvalue weighted by Gasteiger charge is -2.09. The predicted octanol–water partition coefficient (Wildman–Crippen LogP) is 2.18. The third kappa shape index (κ3) is 1.84. The number of hydrogen-bond donors (Lipinski definition) is 1. The molecule has 0 saturated heterocycles. The summed E-state index contributed by atoms with van der Waals surface area (Å²) in [6, 6.07) is 2.02. The van der Waals surface area contributed by atoms with E-state index in [2.05, 4.69) is 16.4 Å². The molecule has 1 aromatic heterocycles. The number of nitrogens with zero attached hydrogens (tertiary/aromatic N) is 1. The highest BCUT2D eigenvalue weighted by molar-refractivity contribution is 5.54. The molecule has 0 spiro atoms. The maximum absolute atomic E-state index is 4.02. The van der Waals surface area contributed by atoms with Gasteiger partial charge in [0.15, 0.2) is 0 Å². The minimum Gasteiger partial charge on any atom is -0.387 e. The highest BCUT2D eigenvalue weighted by atomic mass is 14.8. The van der Waals surface area contributed by atoms with Crippen LogP contribution in [0, 0.1) is 0 Å². The summed E-state index contributed by atoms with van der Waals surface area (Å²) in [6.07, 6.45) is 7.73. The third-order valence-corrected chi connectivity index (χ3v) is 1.61. The summed E-state index contributed by atoms with van der Waals surface area (Å²) in [5.74, 6) is 0. The largest absolute Gasteiger partial charge is 0.387 e. The van der Waals surface area contributed by atoms with E-state index in [-0.39, 0.29) is 0 Å². The van der Waals surface area contributed by atoms with Crippen molar-refractivity contribution in [2.75, 3.05) is 0 Å². The van der Waals surface area contributed by atoms with Gasteiger partial charge in [-0.3, -0.25) is 4.98 Å². The van der Waals surface area contributed by atoms with Crippen LogP contribution >= 0.6 is 0 Å². The molecule has 2 nitrogen and oxygen atoms in total.